The molecule has 0 aliphatic rings. The van der Waals surface area contributed by atoms with Crippen LogP contribution < -0.4 is 5.32 Å². The van der Waals surface area contributed by atoms with E-state index in [1.807, 2.05) is 13.8 Å². The van der Waals surface area contributed by atoms with Crippen molar-refractivity contribution in [2.45, 2.75) is 39.8 Å². The summed E-state index contributed by atoms with van der Waals surface area (Å²) in [6, 6.07) is 1.68. The van der Waals surface area contributed by atoms with Crippen LogP contribution in [0.5, 0.6) is 0 Å². The van der Waals surface area contributed by atoms with Crippen molar-refractivity contribution in [2.75, 3.05) is 0 Å². The number of hydrogen-bond acceptors (Lipinski definition) is 2. The van der Waals surface area contributed by atoms with Gasteiger partial charge in [0.05, 0.1) is 5.56 Å². The van der Waals surface area contributed by atoms with Crippen LogP contribution in [-0.2, 0) is 11.3 Å². The molecule has 0 aliphatic carbocycles. The predicted octanol–water partition coefficient (Wildman–Crippen LogP) is 1.41. The first-order valence-corrected chi connectivity index (χ1v) is 5.60. The summed E-state index contributed by atoms with van der Waals surface area (Å²) in [7, 11) is 0. The van der Waals surface area contributed by atoms with Gasteiger partial charge in [-0.25, -0.2) is 4.79 Å². The van der Waals surface area contributed by atoms with Crippen molar-refractivity contribution < 1.29 is 14.7 Å². The summed E-state index contributed by atoms with van der Waals surface area (Å²) in [6.45, 7) is 6.05. The number of rotatable bonds is 5. The number of hydrogen-bond donors (Lipinski definition) is 2. The van der Waals surface area contributed by atoms with Gasteiger partial charge < -0.3 is 15.0 Å². The molecule has 1 aromatic heterocycles. The van der Waals surface area contributed by atoms with Crippen LogP contribution in [0.1, 0.15) is 36.3 Å². The first-order chi connectivity index (χ1) is 7.91. The lowest BCUT2D eigenvalue weighted by Gasteiger charge is -2.09. The summed E-state index contributed by atoms with van der Waals surface area (Å²) in [5.74, 6) is -0.960. The number of aromatic nitrogens is 1. The first-order valence-electron chi connectivity index (χ1n) is 5.60. The van der Waals surface area contributed by atoms with Gasteiger partial charge in [0, 0.05) is 30.9 Å². The first kappa shape index (κ1) is 13.3. The lowest BCUT2D eigenvalue weighted by Crippen LogP contribution is -2.30. The summed E-state index contributed by atoms with van der Waals surface area (Å²) in [6.07, 6.45) is 2.05. The van der Waals surface area contributed by atoms with Gasteiger partial charge in [-0.05, 0) is 26.8 Å². The van der Waals surface area contributed by atoms with E-state index >= 15 is 0 Å². The van der Waals surface area contributed by atoms with Crippen LogP contribution in [0.15, 0.2) is 12.3 Å². The van der Waals surface area contributed by atoms with Gasteiger partial charge in [0.2, 0.25) is 5.91 Å². The monoisotopic (exact) mass is 238 g/mol. The normalized spacial score (nSPS) is 10.6. The largest absolute Gasteiger partial charge is 0.478 e. The quantitative estimate of drug-likeness (QED) is 0.814. The van der Waals surface area contributed by atoms with Gasteiger partial charge in [-0.15, -0.1) is 0 Å². The van der Waals surface area contributed by atoms with Crippen molar-refractivity contribution in [3.63, 3.8) is 0 Å². The van der Waals surface area contributed by atoms with Crippen LogP contribution in [0, 0.1) is 6.92 Å². The molecule has 0 saturated carbocycles. The van der Waals surface area contributed by atoms with Gasteiger partial charge in [-0.2, -0.15) is 0 Å². The lowest BCUT2D eigenvalue weighted by atomic mass is 10.2. The fourth-order valence-corrected chi connectivity index (χ4v) is 1.64. The van der Waals surface area contributed by atoms with Crippen molar-refractivity contribution >= 4 is 11.9 Å². The number of nitrogens with zero attached hydrogens (tertiary/aromatic N) is 1. The van der Waals surface area contributed by atoms with Crippen LogP contribution in [0.3, 0.4) is 0 Å². The van der Waals surface area contributed by atoms with Gasteiger partial charge in [0.15, 0.2) is 0 Å². The van der Waals surface area contributed by atoms with Crippen LogP contribution in [0.2, 0.25) is 0 Å². The van der Waals surface area contributed by atoms with Crippen molar-refractivity contribution in [2.24, 2.45) is 0 Å². The minimum absolute atomic E-state index is 0.0232. The van der Waals surface area contributed by atoms with Crippen LogP contribution in [0.4, 0.5) is 0 Å². The molecule has 0 aromatic carbocycles. The summed E-state index contributed by atoms with van der Waals surface area (Å²) < 4.78 is 1.78. The molecule has 0 saturated heterocycles. The van der Waals surface area contributed by atoms with E-state index in [2.05, 4.69) is 5.32 Å². The van der Waals surface area contributed by atoms with E-state index in [4.69, 9.17) is 5.11 Å². The summed E-state index contributed by atoms with van der Waals surface area (Å²) in [5, 5.41) is 11.7. The molecule has 1 rings (SSSR count). The standard InChI is InChI=1S/C12H18N2O3/c1-8(2)13-11(15)5-7-14-6-4-10(9(14)3)12(16)17/h4,6,8H,5,7H2,1-3H3,(H,13,15)(H,16,17). The molecule has 0 aliphatic heterocycles. The smallest absolute Gasteiger partial charge is 0.337 e. The minimum Gasteiger partial charge on any atom is -0.478 e. The summed E-state index contributed by atoms with van der Waals surface area (Å²) in [4.78, 5) is 22.3. The van der Waals surface area contributed by atoms with Gasteiger partial charge in [-0.3, -0.25) is 4.79 Å². The van der Waals surface area contributed by atoms with E-state index in [0.29, 0.717) is 18.7 Å². The van der Waals surface area contributed by atoms with Crippen molar-refractivity contribution in [1.82, 2.24) is 9.88 Å². The zero-order chi connectivity index (χ0) is 13.0. The molecule has 0 atom stereocenters. The molecular formula is C12H18N2O3. The van der Waals surface area contributed by atoms with Gasteiger partial charge in [-0.1, -0.05) is 0 Å². The van der Waals surface area contributed by atoms with Crippen LogP contribution >= 0.6 is 0 Å². The van der Waals surface area contributed by atoms with Crippen molar-refractivity contribution in [3.05, 3.63) is 23.5 Å². The average Bonchev–Trinajstić information content (AvgIpc) is 2.55. The Bertz CT molecular complexity index is 421. The zero-order valence-corrected chi connectivity index (χ0v) is 10.4. The summed E-state index contributed by atoms with van der Waals surface area (Å²) >= 11 is 0. The number of carboxylic acids is 1. The fraction of sp³-hybridized carbons (Fsp3) is 0.500. The Balaban J connectivity index is 2.58. The second-order valence-electron chi connectivity index (χ2n) is 4.29. The Kier molecular flexibility index (Phi) is 4.31. The number of amides is 1. The van der Waals surface area contributed by atoms with Gasteiger partial charge in [0.25, 0.3) is 0 Å². The molecule has 0 unspecified atom stereocenters. The lowest BCUT2D eigenvalue weighted by molar-refractivity contribution is -0.121. The average molecular weight is 238 g/mol. The second-order valence-corrected chi connectivity index (χ2v) is 4.29. The van der Waals surface area contributed by atoms with E-state index in [-0.39, 0.29) is 17.5 Å². The molecule has 17 heavy (non-hydrogen) atoms. The number of carbonyl (C=O) groups excluding carboxylic acids is 1. The molecule has 1 amide bonds. The molecule has 0 bridgehead atoms. The van der Waals surface area contributed by atoms with E-state index in [1.54, 1.807) is 23.8 Å². The Morgan fingerprint density at radius 1 is 1.47 bits per heavy atom. The molecule has 1 heterocycles. The number of aromatic carboxylic acids is 1. The topological polar surface area (TPSA) is 71.3 Å². The van der Waals surface area contributed by atoms with Crippen molar-refractivity contribution in [1.29, 1.82) is 0 Å². The van der Waals surface area contributed by atoms with E-state index in [9.17, 15) is 9.59 Å². The Labute approximate surface area is 100 Å². The molecule has 0 spiro atoms. The van der Waals surface area contributed by atoms with Crippen LogP contribution in [0.25, 0.3) is 0 Å². The molecule has 5 heteroatoms. The highest BCUT2D eigenvalue weighted by atomic mass is 16.4. The maximum absolute atomic E-state index is 11.4. The van der Waals surface area contributed by atoms with Crippen LogP contribution in [-0.4, -0.2) is 27.6 Å². The van der Waals surface area contributed by atoms with Gasteiger partial charge in [0.1, 0.15) is 0 Å². The minimum atomic E-state index is -0.937. The number of carbonyl (C=O) groups is 2. The number of nitrogens with one attached hydrogen (secondary N) is 1. The van der Waals surface area contributed by atoms with Gasteiger partial charge >= 0.3 is 5.97 Å². The number of aryl methyl sites for hydroxylation is 1. The highest BCUT2D eigenvalue weighted by Gasteiger charge is 2.11. The Morgan fingerprint density at radius 3 is 2.59 bits per heavy atom. The molecule has 0 fully saturated rings. The zero-order valence-electron chi connectivity index (χ0n) is 10.4. The third kappa shape index (κ3) is 3.62. The molecule has 1 aromatic rings. The molecule has 94 valence electrons. The van der Waals surface area contributed by atoms with E-state index < -0.39 is 5.97 Å². The molecule has 2 N–H and O–H groups in total. The third-order valence-electron chi connectivity index (χ3n) is 2.50. The van der Waals surface area contributed by atoms with Crippen molar-refractivity contribution in [3.8, 4) is 0 Å². The highest BCUT2D eigenvalue weighted by Crippen LogP contribution is 2.10. The van der Waals surface area contributed by atoms with E-state index in [1.165, 1.54) is 0 Å². The number of carboxylic acid groups (broad SMARTS) is 1. The maximum atomic E-state index is 11.4. The van der Waals surface area contributed by atoms with E-state index in [0.717, 1.165) is 0 Å². The second kappa shape index (κ2) is 5.52. The third-order valence-corrected chi connectivity index (χ3v) is 2.50. The molecule has 0 radical (unpaired) electrons. The molecule has 5 nitrogen and oxygen atoms in total. The predicted molar refractivity (Wildman–Crippen MR) is 64.0 cm³/mol. The fourth-order valence-electron chi connectivity index (χ4n) is 1.64. The Hall–Kier alpha value is -1.78. The summed E-state index contributed by atoms with van der Waals surface area (Å²) in [5.41, 5.74) is 0.962. The maximum Gasteiger partial charge on any atom is 0.337 e. The molecular weight excluding hydrogens is 220 g/mol. The Morgan fingerprint density at radius 2 is 2.12 bits per heavy atom. The highest BCUT2D eigenvalue weighted by molar-refractivity contribution is 5.89. The SMILES string of the molecule is Cc1c(C(=O)O)ccn1CCC(=O)NC(C)C.